The first kappa shape index (κ1) is 32.3. The fraction of sp³-hybridized carbons (Fsp3) is 0.276. The predicted octanol–water partition coefficient (Wildman–Crippen LogP) is 5.29. The predicted molar refractivity (Wildman–Crippen MR) is 143 cm³/mol. The highest BCUT2D eigenvalue weighted by Gasteiger charge is 2.15. The van der Waals surface area contributed by atoms with Crippen molar-refractivity contribution in [2.45, 2.75) is 45.6 Å². The summed E-state index contributed by atoms with van der Waals surface area (Å²) in [6.45, 7) is 5.81. The van der Waals surface area contributed by atoms with Gasteiger partial charge < -0.3 is 21.4 Å². The molecule has 0 spiro atoms. The van der Waals surface area contributed by atoms with E-state index in [0.717, 1.165) is 30.3 Å². The van der Waals surface area contributed by atoms with Crippen molar-refractivity contribution in [2.75, 3.05) is 6.54 Å². The molecule has 7 heteroatoms. The van der Waals surface area contributed by atoms with Crippen molar-refractivity contribution in [3.05, 3.63) is 95.8 Å². The normalized spacial score (nSPS) is 11.1. The van der Waals surface area contributed by atoms with Crippen LogP contribution >= 0.6 is 0 Å². The quantitative estimate of drug-likeness (QED) is 0.382. The molecule has 5 N–H and O–H groups in total. The van der Waals surface area contributed by atoms with Gasteiger partial charge in [0.15, 0.2) is 0 Å². The Balaban J connectivity index is 0.000000514. The molecule has 0 bridgehead atoms. The van der Waals surface area contributed by atoms with Crippen LogP contribution in [-0.4, -0.2) is 35.7 Å². The second-order valence-electron chi connectivity index (χ2n) is 8.07. The van der Waals surface area contributed by atoms with E-state index in [4.69, 9.17) is 15.6 Å². The van der Waals surface area contributed by atoms with Crippen LogP contribution in [0, 0.1) is 5.82 Å². The lowest BCUT2D eigenvalue weighted by Gasteiger charge is -2.22. The molecule has 0 fully saturated rings. The average Bonchev–Trinajstić information content (AvgIpc) is 2.91. The van der Waals surface area contributed by atoms with Crippen molar-refractivity contribution in [1.82, 2.24) is 0 Å². The van der Waals surface area contributed by atoms with Crippen molar-refractivity contribution in [1.29, 1.82) is 0 Å². The number of hydrogen-bond acceptors (Lipinski definition) is 5. The van der Waals surface area contributed by atoms with Gasteiger partial charge in [-0.15, -0.1) is 0 Å². The molecule has 194 valence electrons. The van der Waals surface area contributed by atoms with Crippen LogP contribution in [0.25, 0.3) is 11.1 Å². The maximum atomic E-state index is 12.6. The van der Waals surface area contributed by atoms with Crippen molar-refractivity contribution in [2.24, 2.45) is 11.5 Å². The zero-order valence-electron chi connectivity index (χ0n) is 21.2. The van der Waals surface area contributed by atoms with Gasteiger partial charge in [0.25, 0.3) is 0 Å². The zero-order valence-corrected chi connectivity index (χ0v) is 21.2. The van der Waals surface area contributed by atoms with Gasteiger partial charge in [-0.3, -0.25) is 9.59 Å². The van der Waals surface area contributed by atoms with E-state index in [9.17, 15) is 14.0 Å². The number of carbonyl (C=O) groups is 3. The van der Waals surface area contributed by atoms with E-state index in [0.29, 0.717) is 11.8 Å². The molecule has 0 aromatic heterocycles. The Hall–Kier alpha value is -3.68. The summed E-state index contributed by atoms with van der Waals surface area (Å²) < 4.78 is 12.6. The summed E-state index contributed by atoms with van der Waals surface area (Å²) in [5.41, 5.74) is 14.6. The van der Waals surface area contributed by atoms with Crippen molar-refractivity contribution in [3.8, 4) is 11.1 Å². The van der Waals surface area contributed by atoms with E-state index in [1.165, 1.54) is 17.7 Å². The molecule has 6 nitrogen and oxygen atoms in total. The lowest BCUT2D eigenvalue weighted by atomic mass is 9.91. The number of rotatable bonds is 7. The van der Waals surface area contributed by atoms with Gasteiger partial charge >= 0.3 is 5.97 Å². The molecule has 0 heterocycles. The summed E-state index contributed by atoms with van der Waals surface area (Å²) in [5.74, 6) is -0.941. The van der Waals surface area contributed by atoms with Crippen LogP contribution in [0.4, 0.5) is 4.39 Å². The SMILES string of the molecule is CCC(=O)O.CCC(C)(N)Cc1ccc(F)cc1.NCC=O.O=Cc1ccc(-c2ccccc2)cc1. The van der Waals surface area contributed by atoms with E-state index >= 15 is 0 Å². The third-order valence-corrected chi connectivity index (χ3v) is 4.88. The standard InChI is InChI=1S/C13H10O.C11H16FN.C3H6O2.C2H5NO/c14-10-11-6-8-13(9-7-11)12-4-2-1-3-5-12;1-3-11(2,13)8-9-4-6-10(12)7-5-9;1-2-3(4)5;3-1-2-4/h1-10H;4-7H,3,8,13H2,1-2H3;2H2,1H3,(H,4,5);2H,1,3H2. The second kappa shape index (κ2) is 18.6. The summed E-state index contributed by atoms with van der Waals surface area (Å²) >= 11 is 0. The second-order valence-corrected chi connectivity index (χ2v) is 8.07. The van der Waals surface area contributed by atoms with Crippen molar-refractivity contribution >= 4 is 18.5 Å². The molecule has 36 heavy (non-hydrogen) atoms. The number of benzene rings is 3. The Morgan fingerprint density at radius 2 is 1.39 bits per heavy atom. The van der Waals surface area contributed by atoms with Crippen molar-refractivity contribution in [3.63, 3.8) is 0 Å². The van der Waals surface area contributed by atoms with Crippen LogP contribution < -0.4 is 11.5 Å². The minimum absolute atomic E-state index is 0.139. The van der Waals surface area contributed by atoms with Gasteiger partial charge in [-0.05, 0) is 48.6 Å². The third kappa shape index (κ3) is 15.3. The zero-order chi connectivity index (χ0) is 27.4. The summed E-state index contributed by atoms with van der Waals surface area (Å²) in [7, 11) is 0. The number of halogens is 1. The molecular weight excluding hydrogens is 459 g/mol. The molecule has 0 aliphatic carbocycles. The minimum atomic E-state index is -0.745. The number of aliphatic carboxylic acids is 1. The Labute approximate surface area is 213 Å². The Kier molecular flexibility index (Phi) is 16.7. The van der Waals surface area contributed by atoms with Crippen LogP contribution in [0.3, 0.4) is 0 Å². The lowest BCUT2D eigenvalue weighted by Crippen LogP contribution is -2.37. The largest absolute Gasteiger partial charge is 0.481 e. The van der Waals surface area contributed by atoms with E-state index in [1.54, 1.807) is 19.1 Å². The molecule has 0 amide bonds. The highest BCUT2D eigenvalue weighted by atomic mass is 19.1. The molecule has 1 unspecified atom stereocenters. The molecular formula is C29H37FN2O4. The van der Waals surface area contributed by atoms with Gasteiger partial charge in [0.2, 0.25) is 0 Å². The molecule has 0 saturated heterocycles. The van der Waals surface area contributed by atoms with Crippen molar-refractivity contribution < 1.29 is 23.9 Å². The summed E-state index contributed by atoms with van der Waals surface area (Å²) in [6, 6.07) is 24.2. The average molecular weight is 497 g/mol. The maximum Gasteiger partial charge on any atom is 0.303 e. The number of nitrogens with two attached hydrogens (primary N) is 2. The third-order valence-electron chi connectivity index (χ3n) is 4.88. The summed E-state index contributed by atoms with van der Waals surface area (Å²) in [6.07, 6.45) is 3.45. The molecule has 3 rings (SSSR count). The van der Waals surface area contributed by atoms with Gasteiger partial charge in [0.05, 0.1) is 0 Å². The fourth-order valence-corrected chi connectivity index (χ4v) is 2.58. The Bertz CT molecular complexity index is 1010. The molecule has 0 aliphatic rings. The van der Waals surface area contributed by atoms with E-state index < -0.39 is 5.97 Å². The van der Waals surface area contributed by atoms with Crippen LogP contribution in [0.2, 0.25) is 0 Å². The maximum absolute atomic E-state index is 12.6. The number of aldehydes is 2. The molecule has 1 atom stereocenters. The first-order chi connectivity index (χ1) is 17.1. The van der Waals surface area contributed by atoms with Crippen LogP contribution in [0.5, 0.6) is 0 Å². The number of carboxylic acids is 1. The number of carbonyl (C=O) groups excluding carboxylic acids is 2. The molecule has 3 aromatic rings. The highest BCUT2D eigenvalue weighted by molar-refractivity contribution is 5.76. The van der Waals surface area contributed by atoms with Crippen LogP contribution in [-0.2, 0) is 16.0 Å². The number of hydrogen-bond donors (Lipinski definition) is 3. The molecule has 0 radical (unpaired) electrons. The van der Waals surface area contributed by atoms with E-state index in [2.05, 4.69) is 24.8 Å². The smallest absolute Gasteiger partial charge is 0.303 e. The first-order valence-electron chi connectivity index (χ1n) is 11.6. The summed E-state index contributed by atoms with van der Waals surface area (Å²) in [5, 5.41) is 7.72. The van der Waals surface area contributed by atoms with Crippen LogP contribution in [0.15, 0.2) is 78.9 Å². The molecule has 0 aliphatic heterocycles. The highest BCUT2D eigenvalue weighted by Crippen LogP contribution is 2.18. The van der Waals surface area contributed by atoms with E-state index in [-0.39, 0.29) is 24.3 Å². The van der Waals surface area contributed by atoms with Crippen LogP contribution in [0.1, 0.15) is 49.5 Å². The first-order valence-corrected chi connectivity index (χ1v) is 11.6. The number of carboxylic acid groups (broad SMARTS) is 1. The minimum Gasteiger partial charge on any atom is -0.481 e. The van der Waals surface area contributed by atoms with Gasteiger partial charge in [0, 0.05) is 24.1 Å². The lowest BCUT2D eigenvalue weighted by molar-refractivity contribution is -0.136. The van der Waals surface area contributed by atoms with Gasteiger partial charge in [-0.25, -0.2) is 4.39 Å². The van der Waals surface area contributed by atoms with Gasteiger partial charge in [0.1, 0.15) is 18.4 Å². The fourth-order valence-electron chi connectivity index (χ4n) is 2.58. The topological polar surface area (TPSA) is 123 Å². The Morgan fingerprint density at radius 1 is 0.917 bits per heavy atom. The summed E-state index contributed by atoms with van der Waals surface area (Å²) in [4.78, 5) is 28.9. The Morgan fingerprint density at radius 3 is 1.78 bits per heavy atom. The van der Waals surface area contributed by atoms with Gasteiger partial charge in [-0.2, -0.15) is 0 Å². The monoisotopic (exact) mass is 496 g/mol. The van der Waals surface area contributed by atoms with E-state index in [1.807, 2.05) is 49.4 Å². The molecule has 0 saturated carbocycles. The molecule has 3 aromatic carbocycles. The van der Waals surface area contributed by atoms with Gasteiger partial charge in [-0.1, -0.05) is 80.6 Å².